The number of aromatic nitrogens is 2. The lowest BCUT2D eigenvalue weighted by molar-refractivity contribution is 0.0695. The third kappa shape index (κ3) is 3.06. The van der Waals surface area contributed by atoms with Gasteiger partial charge in [-0.1, -0.05) is 11.6 Å². The quantitative estimate of drug-likeness (QED) is 0.477. The van der Waals surface area contributed by atoms with Crippen LogP contribution >= 0.6 is 11.6 Å². The lowest BCUT2D eigenvalue weighted by Gasteiger charge is -2.19. The zero-order valence-corrected chi connectivity index (χ0v) is 17.5. The summed E-state index contributed by atoms with van der Waals surface area (Å²) in [6.07, 6.45) is 2.91. The van der Waals surface area contributed by atoms with Crippen LogP contribution in [-0.4, -0.2) is 27.7 Å². The minimum atomic E-state index is -1.37. The van der Waals surface area contributed by atoms with Crippen LogP contribution in [-0.2, 0) is 0 Å². The molecule has 1 saturated carbocycles. The smallest absolute Gasteiger partial charge is 0.341 e. The largest absolute Gasteiger partial charge is 0.494 e. The Morgan fingerprint density at radius 1 is 1.25 bits per heavy atom. The predicted octanol–water partition coefficient (Wildman–Crippen LogP) is 4.34. The molecule has 0 amide bonds. The van der Waals surface area contributed by atoms with E-state index in [9.17, 15) is 19.5 Å². The number of methoxy groups -OCH3 is 1. The number of fused-ring (bicyclic) bond motifs is 2. The van der Waals surface area contributed by atoms with Crippen molar-refractivity contribution in [3.05, 3.63) is 73.5 Å². The van der Waals surface area contributed by atoms with Crippen molar-refractivity contribution in [2.45, 2.75) is 18.9 Å². The molecular formula is C23H16ClFN2O5. The highest BCUT2D eigenvalue weighted by Crippen LogP contribution is 2.44. The van der Waals surface area contributed by atoms with Gasteiger partial charge >= 0.3 is 5.97 Å². The number of pyridine rings is 2. The summed E-state index contributed by atoms with van der Waals surface area (Å²) in [5.41, 5.74) is -0.277. The van der Waals surface area contributed by atoms with E-state index in [0.29, 0.717) is 22.0 Å². The normalized spacial score (nSPS) is 13.6. The van der Waals surface area contributed by atoms with Crippen LogP contribution in [0.3, 0.4) is 0 Å². The van der Waals surface area contributed by atoms with E-state index < -0.39 is 22.8 Å². The Bertz CT molecular complexity index is 1570. The number of nitrogens with one attached hydrogen (secondary N) is 1. The molecule has 162 valence electrons. The van der Waals surface area contributed by atoms with Gasteiger partial charge in [-0.05, 0) is 42.7 Å². The molecule has 9 heteroatoms. The van der Waals surface area contributed by atoms with E-state index in [1.165, 1.54) is 25.4 Å². The summed E-state index contributed by atoms with van der Waals surface area (Å²) in [5, 5.41) is 10.2. The summed E-state index contributed by atoms with van der Waals surface area (Å²) < 4.78 is 22.7. The molecule has 2 aromatic carbocycles. The van der Waals surface area contributed by atoms with Gasteiger partial charge < -0.3 is 19.4 Å². The maximum atomic E-state index is 15.4. The minimum Gasteiger partial charge on any atom is -0.494 e. The van der Waals surface area contributed by atoms with Crippen molar-refractivity contribution in [2.75, 3.05) is 7.11 Å². The van der Waals surface area contributed by atoms with E-state index >= 15 is 4.39 Å². The molecule has 5 rings (SSSR count). The molecule has 0 aliphatic heterocycles. The Balaban J connectivity index is 1.89. The van der Waals surface area contributed by atoms with Gasteiger partial charge in [0.15, 0.2) is 5.75 Å². The zero-order valence-electron chi connectivity index (χ0n) is 16.7. The Morgan fingerprint density at radius 2 is 2.00 bits per heavy atom. The van der Waals surface area contributed by atoms with Crippen molar-refractivity contribution < 1.29 is 19.0 Å². The lowest BCUT2D eigenvalue weighted by Crippen LogP contribution is -2.19. The molecule has 2 N–H and O–H groups in total. The molecule has 0 bridgehead atoms. The summed E-state index contributed by atoms with van der Waals surface area (Å²) in [5.74, 6) is -2.01. The van der Waals surface area contributed by atoms with Crippen molar-refractivity contribution in [2.24, 2.45) is 0 Å². The number of H-pyrrole nitrogens is 1. The van der Waals surface area contributed by atoms with Gasteiger partial charge in [-0.15, -0.1) is 0 Å². The number of benzene rings is 2. The second-order valence-electron chi connectivity index (χ2n) is 7.72. The summed E-state index contributed by atoms with van der Waals surface area (Å²) in [6, 6.07) is 7.13. The van der Waals surface area contributed by atoms with Gasteiger partial charge in [0.1, 0.15) is 11.4 Å². The summed E-state index contributed by atoms with van der Waals surface area (Å²) in [6.45, 7) is 0. The van der Waals surface area contributed by atoms with Crippen molar-refractivity contribution >= 4 is 39.4 Å². The molecule has 2 aromatic heterocycles. The first-order valence-corrected chi connectivity index (χ1v) is 10.2. The van der Waals surface area contributed by atoms with E-state index in [-0.39, 0.29) is 33.3 Å². The first kappa shape index (κ1) is 20.3. The molecule has 32 heavy (non-hydrogen) atoms. The van der Waals surface area contributed by atoms with Gasteiger partial charge in [0.2, 0.25) is 11.0 Å². The third-order valence-electron chi connectivity index (χ3n) is 5.67. The summed E-state index contributed by atoms with van der Waals surface area (Å²) in [4.78, 5) is 38.7. The van der Waals surface area contributed by atoms with Crippen molar-refractivity contribution in [3.8, 4) is 16.9 Å². The molecule has 0 radical (unpaired) electrons. The van der Waals surface area contributed by atoms with E-state index in [4.69, 9.17) is 16.3 Å². The fourth-order valence-corrected chi connectivity index (χ4v) is 4.35. The monoisotopic (exact) mass is 454 g/mol. The summed E-state index contributed by atoms with van der Waals surface area (Å²) >= 11 is 6.37. The molecule has 0 saturated heterocycles. The fraction of sp³-hybridized carbons (Fsp3) is 0.174. The van der Waals surface area contributed by atoms with Gasteiger partial charge in [-0.25, -0.2) is 9.18 Å². The predicted molar refractivity (Wildman–Crippen MR) is 119 cm³/mol. The van der Waals surface area contributed by atoms with Crippen LogP contribution in [0, 0.1) is 5.82 Å². The summed E-state index contributed by atoms with van der Waals surface area (Å²) in [7, 11) is 1.37. The number of carbonyl (C=O) groups is 1. The zero-order chi connectivity index (χ0) is 22.7. The van der Waals surface area contributed by atoms with Crippen LogP contribution in [0.25, 0.3) is 32.9 Å². The van der Waals surface area contributed by atoms with Crippen LogP contribution in [0.1, 0.15) is 29.2 Å². The molecule has 0 atom stereocenters. The Kier molecular flexibility index (Phi) is 4.56. The van der Waals surface area contributed by atoms with Crippen molar-refractivity contribution in [1.29, 1.82) is 0 Å². The highest BCUT2D eigenvalue weighted by Gasteiger charge is 2.30. The molecule has 1 fully saturated rings. The number of hydrogen-bond donors (Lipinski definition) is 2. The van der Waals surface area contributed by atoms with Crippen molar-refractivity contribution in [3.63, 3.8) is 0 Å². The molecule has 7 nitrogen and oxygen atoms in total. The molecule has 2 heterocycles. The highest BCUT2D eigenvalue weighted by atomic mass is 35.5. The number of ether oxygens (including phenoxy) is 1. The molecule has 1 aliphatic carbocycles. The molecular weight excluding hydrogens is 439 g/mol. The maximum absolute atomic E-state index is 15.4. The third-order valence-corrected chi connectivity index (χ3v) is 5.97. The standard InChI is InChI=1S/C23H16ClFN2O5/c1-32-22-18(11-6-10-2-5-17(28)26-19(10)15(24)7-11)16(25)8-13-20(22)27(12-3-4-12)9-14(21(13)29)23(30)31/h2,5-9,12H,3-4H2,1H3,(H,26,28)(H,30,31). The number of aromatic amines is 1. The number of halogens is 2. The van der Waals surface area contributed by atoms with Crippen LogP contribution in [0.15, 0.2) is 46.1 Å². The van der Waals surface area contributed by atoms with Crippen LogP contribution in [0.5, 0.6) is 5.75 Å². The number of hydrogen-bond acceptors (Lipinski definition) is 4. The average molecular weight is 455 g/mol. The SMILES string of the molecule is COc1c(-c2cc(Cl)c3[nH]c(=O)ccc3c2)c(F)cc2c(=O)c(C(=O)O)cn(C3CC3)c12. The van der Waals surface area contributed by atoms with E-state index in [0.717, 1.165) is 18.9 Å². The van der Waals surface area contributed by atoms with Gasteiger partial charge in [-0.3, -0.25) is 9.59 Å². The lowest BCUT2D eigenvalue weighted by atomic mass is 9.98. The van der Waals surface area contributed by atoms with Crippen LogP contribution in [0.4, 0.5) is 4.39 Å². The first-order chi connectivity index (χ1) is 15.3. The number of carboxylic acids is 1. The van der Waals surface area contributed by atoms with Crippen molar-refractivity contribution in [1.82, 2.24) is 9.55 Å². The minimum absolute atomic E-state index is 0.00585. The van der Waals surface area contributed by atoms with Crippen LogP contribution < -0.4 is 15.7 Å². The molecule has 0 spiro atoms. The van der Waals surface area contributed by atoms with Gasteiger partial charge in [0, 0.05) is 23.7 Å². The number of rotatable bonds is 4. The van der Waals surface area contributed by atoms with E-state index in [1.807, 2.05) is 0 Å². The van der Waals surface area contributed by atoms with Gasteiger partial charge in [0.05, 0.1) is 34.1 Å². The second-order valence-corrected chi connectivity index (χ2v) is 8.13. The number of aromatic carboxylic acids is 1. The Hall–Kier alpha value is -3.65. The van der Waals surface area contributed by atoms with E-state index in [2.05, 4.69) is 4.98 Å². The molecule has 0 unspecified atom stereocenters. The number of carboxylic acid groups (broad SMARTS) is 1. The topological polar surface area (TPSA) is 101 Å². The molecule has 4 aromatic rings. The Labute approximate surface area is 184 Å². The van der Waals surface area contributed by atoms with Crippen LogP contribution in [0.2, 0.25) is 5.02 Å². The number of nitrogens with zero attached hydrogens (tertiary/aromatic N) is 1. The van der Waals surface area contributed by atoms with Gasteiger partial charge in [0.25, 0.3) is 0 Å². The maximum Gasteiger partial charge on any atom is 0.341 e. The highest BCUT2D eigenvalue weighted by molar-refractivity contribution is 6.35. The first-order valence-electron chi connectivity index (χ1n) is 9.81. The second kappa shape index (κ2) is 7.20. The van der Waals surface area contributed by atoms with E-state index in [1.54, 1.807) is 16.7 Å². The average Bonchev–Trinajstić information content (AvgIpc) is 3.59. The Morgan fingerprint density at radius 3 is 2.66 bits per heavy atom. The molecule has 1 aliphatic rings. The van der Waals surface area contributed by atoms with Gasteiger partial charge in [-0.2, -0.15) is 0 Å². The fourth-order valence-electron chi connectivity index (χ4n) is 4.08.